The molecule has 1 saturated heterocycles. The molecule has 1 aromatic carbocycles. The molecule has 1 aliphatic heterocycles. The standard InChI is InChI=1S/C18H27FN4OS/c1-2-21-18(23-10-3-4-14(13-23)12-17(20)24)22-9-11-25-16-7-5-15(19)6-8-16/h5-8,14H,2-4,9-13H2,1H3,(H2,20,24)(H,21,22). The van der Waals surface area contributed by atoms with Gasteiger partial charge in [0, 0.05) is 36.7 Å². The molecule has 7 heteroatoms. The number of nitrogens with zero attached hydrogens (tertiary/aromatic N) is 2. The molecule has 0 aliphatic carbocycles. The third-order valence-electron chi connectivity index (χ3n) is 4.08. The van der Waals surface area contributed by atoms with Crippen LogP contribution in [0.25, 0.3) is 0 Å². The Balaban J connectivity index is 1.86. The van der Waals surface area contributed by atoms with Crippen molar-refractivity contribution >= 4 is 23.6 Å². The Morgan fingerprint density at radius 3 is 2.88 bits per heavy atom. The molecule has 5 nitrogen and oxygen atoms in total. The van der Waals surface area contributed by atoms with Crippen LogP contribution in [0.3, 0.4) is 0 Å². The van der Waals surface area contributed by atoms with E-state index in [1.165, 1.54) is 12.1 Å². The second-order valence-corrected chi connectivity index (χ2v) is 7.33. The summed E-state index contributed by atoms with van der Waals surface area (Å²) in [5.74, 6) is 1.59. The van der Waals surface area contributed by atoms with Gasteiger partial charge in [-0.1, -0.05) is 0 Å². The lowest BCUT2D eigenvalue weighted by Crippen LogP contribution is -2.47. The Hall–Kier alpha value is -1.76. The highest BCUT2D eigenvalue weighted by Gasteiger charge is 2.23. The highest BCUT2D eigenvalue weighted by molar-refractivity contribution is 7.99. The van der Waals surface area contributed by atoms with E-state index >= 15 is 0 Å². The van der Waals surface area contributed by atoms with Crippen molar-refractivity contribution < 1.29 is 9.18 Å². The number of carbonyl (C=O) groups excluding carboxylic acids is 1. The number of carbonyl (C=O) groups is 1. The van der Waals surface area contributed by atoms with Crippen LogP contribution in [0.1, 0.15) is 26.2 Å². The summed E-state index contributed by atoms with van der Waals surface area (Å²) in [6, 6.07) is 6.52. The molecule has 0 aromatic heterocycles. The fourth-order valence-electron chi connectivity index (χ4n) is 2.98. The normalized spacial score (nSPS) is 18.2. The lowest BCUT2D eigenvalue weighted by Gasteiger charge is -2.34. The number of rotatable bonds is 7. The number of piperidine rings is 1. The van der Waals surface area contributed by atoms with Gasteiger partial charge in [0.25, 0.3) is 0 Å². The molecular formula is C18H27FN4OS. The summed E-state index contributed by atoms with van der Waals surface area (Å²) in [5, 5.41) is 3.33. The SMILES string of the molecule is CCNC(=NCCSc1ccc(F)cc1)N1CCCC(CC(N)=O)C1. The molecule has 1 amide bonds. The van der Waals surface area contributed by atoms with Crippen molar-refractivity contribution in [3.63, 3.8) is 0 Å². The van der Waals surface area contributed by atoms with Gasteiger partial charge in [0.05, 0.1) is 6.54 Å². The van der Waals surface area contributed by atoms with Crippen molar-refractivity contribution in [1.82, 2.24) is 10.2 Å². The molecule has 1 unspecified atom stereocenters. The van der Waals surface area contributed by atoms with E-state index in [4.69, 9.17) is 10.7 Å². The number of halogens is 1. The lowest BCUT2D eigenvalue weighted by molar-refractivity contribution is -0.119. The molecule has 25 heavy (non-hydrogen) atoms. The van der Waals surface area contributed by atoms with E-state index in [2.05, 4.69) is 10.2 Å². The second-order valence-electron chi connectivity index (χ2n) is 6.16. The van der Waals surface area contributed by atoms with E-state index in [1.54, 1.807) is 23.9 Å². The van der Waals surface area contributed by atoms with Gasteiger partial charge in [-0.15, -0.1) is 11.8 Å². The number of thioether (sulfide) groups is 1. The topological polar surface area (TPSA) is 70.7 Å². The van der Waals surface area contributed by atoms with Crippen LogP contribution >= 0.6 is 11.8 Å². The fraction of sp³-hybridized carbons (Fsp3) is 0.556. The molecule has 0 spiro atoms. The van der Waals surface area contributed by atoms with Gasteiger partial charge in [-0.3, -0.25) is 9.79 Å². The van der Waals surface area contributed by atoms with Gasteiger partial charge in [-0.05, 0) is 49.9 Å². The molecule has 0 saturated carbocycles. The van der Waals surface area contributed by atoms with Crippen molar-refractivity contribution in [2.24, 2.45) is 16.6 Å². The summed E-state index contributed by atoms with van der Waals surface area (Å²) in [4.78, 5) is 19.1. The molecule has 1 aromatic rings. The number of guanidine groups is 1. The summed E-state index contributed by atoms with van der Waals surface area (Å²) in [6.07, 6.45) is 2.53. The minimum Gasteiger partial charge on any atom is -0.370 e. The van der Waals surface area contributed by atoms with Crippen molar-refractivity contribution in [3.8, 4) is 0 Å². The number of likely N-dealkylation sites (tertiary alicyclic amines) is 1. The number of benzene rings is 1. The molecule has 1 aliphatic rings. The Labute approximate surface area is 153 Å². The van der Waals surface area contributed by atoms with Crippen LogP contribution in [-0.2, 0) is 4.79 Å². The number of primary amides is 1. The number of hydrogen-bond acceptors (Lipinski definition) is 3. The Morgan fingerprint density at radius 2 is 2.20 bits per heavy atom. The number of aliphatic imine (C=N–C) groups is 1. The fourth-order valence-corrected chi connectivity index (χ4v) is 3.73. The molecule has 1 atom stereocenters. The molecule has 2 rings (SSSR count). The molecular weight excluding hydrogens is 339 g/mol. The average molecular weight is 367 g/mol. The van der Waals surface area contributed by atoms with Gasteiger partial charge < -0.3 is 16.0 Å². The third-order valence-corrected chi connectivity index (χ3v) is 5.07. The van der Waals surface area contributed by atoms with Crippen LogP contribution in [0.2, 0.25) is 0 Å². The summed E-state index contributed by atoms with van der Waals surface area (Å²) in [5.41, 5.74) is 5.34. The Kier molecular flexibility index (Phi) is 8.04. The van der Waals surface area contributed by atoms with Crippen molar-refractivity contribution in [2.45, 2.75) is 31.1 Å². The van der Waals surface area contributed by atoms with E-state index in [9.17, 15) is 9.18 Å². The van der Waals surface area contributed by atoms with Crippen LogP contribution < -0.4 is 11.1 Å². The second kappa shape index (κ2) is 10.3. The van der Waals surface area contributed by atoms with Crippen LogP contribution in [-0.4, -0.2) is 48.7 Å². The number of nitrogens with two attached hydrogens (primary N) is 1. The van der Waals surface area contributed by atoms with E-state index in [0.717, 1.165) is 49.1 Å². The first-order valence-corrected chi connectivity index (χ1v) is 9.77. The summed E-state index contributed by atoms with van der Waals surface area (Å²) in [7, 11) is 0. The highest BCUT2D eigenvalue weighted by atomic mass is 32.2. The van der Waals surface area contributed by atoms with Crippen LogP contribution in [0.4, 0.5) is 4.39 Å². The zero-order chi connectivity index (χ0) is 18.1. The van der Waals surface area contributed by atoms with Gasteiger partial charge >= 0.3 is 0 Å². The number of hydrogen-bond donors (Lipinski definition) is 2. The van der Waals surface area contributed by atoms with E-state index in [0.29, 0.717) is 18.9 Å². The lowest BCUT2D eigenvalue weighted by atomic mass is 9.95. The first kappa shape index (κ1) is 19.6. The first-order chi connectivity index (χ1) is 12.1. The largest absolute Gasteiger partial charge is 0.370 e. The van der Waals surface area contributed by atoms with Gasteiger partial charge in [0.15, 0.2) is 5.96 Å². The molecule has 3 N–H and O–H groups in total. The number of amides is 1. The van der Waals surface area contributed by atoms with E-state index in [1.807, 2.05) is 6.92 Å². The zero-order valence-electron chi connectivity index (χ0n) is 14.7. The van der Waals surface area contributed by atoms with Crippen LogP contribution in [0.5, 0.6) is 0 Å². The summed E-state index contributed by atoms with van der Waals surface area (Å²) < 4.78 is 12.9. The third kappa shape index (κ3) is 6.94. The highest BCUT2D eigenvalue weighted by Crippen LogP contribution is 2.20. The maximum absolute atomic E-state index is 12.9. The van der Waals surface area contributed by atoms with Gasteiger partial charge in [0.1, 0.15) is 5.82 Å². The van der Waals surface area contributed by atoms with Crippen molar-refractivity contribution in [2.75, 3.05) is 31.9 Å². The maximum Gasteiger partial charge on any atom is 0.217 e. The molecule has 0 radical (unpaired) electrons. The Morgan fingerprint density at radius 1 is 1.44 bits per heavy atom. The smallest absolute Gasteiger partial charge is 0.217 e. The average Bonchev–Trinajstić information content (AvgIpc) is 2.59. The minimum atomic E-state index is -0.232. The van der Waals surface area contributed by atoms with E-state index < -0.39 is 0 Å². The van der Waals surface area contributed by atoms with Crippen molar-refractivity contribution in [3.05, 3.63) is 30.1 Å². The quantitative estimate of drug-likeness (QED) is 0.337. The molecule has 1 heterocycles. The Bertz CT molecular complexity index is 579. The number of nitrogens with one attached hydrogen (secondary N) is 1. The summed E-state index contributed by atoms with van der Waals surface area (Å²) in [6.45, 7) is 5.31. The monoisotopic (exact) mass is 366 g/mol. The summed E-state index contributed by atoms with van der Waals surface area (Å²) >= 11 is 1.66. The minimum absolute atomic E-state index is 0.215. The molecule has 1 fully saturated rings. The first-order valence-electron chi connectivity index (χ1n) is 8.78. The van der Waals surface area contributed by atoms with Crippen LogP contribution in [0.15, 0.2) is 34.2 Å². The predicted octanol–water partition coefficient (Wildman–Crippen LogP) is 2.47. The van der Waals surface area contributed by atoms with E-state index in [-0.39, 0.29) is 11.7 Å². The van der Waals surface area contributed by atoms with Crippen molar-refractivity contribution in [1.29, 1.82) is 0 Å². The van der Waals surface area contributed by atoms with Gasteiger partial charge in [-0.25, -0.2) is 4.39 Å². The maximum atomic E-state index is 12.9. The molecule has 138 valence electrons. The van der Waals surface area contributed by atoms with Gasteiger partial charge in [-0.2, -0.15) is 0 Å². The van der Waals surface area contributed by atoms with Gasteiger partial charge in [0.2, 0.25) is 5.91 Å². The zero-order valence-corrected chi connectivity index (χ0v) is 15.5. The predicted molar refractivity (Wildman–Crippen MR) is 101 cm³/mol. The molecule has 0 bridgehead atoms. The van der Waals surface area contributed by atoms with Crippen LogP contribution in [0, 0.1) is 11.7 Å².